The number of hydrogen-bond donors (Lipinski definition) is 2. The summed E-state index contributed by atoms with van der Waals surface area (Å²) in [5.41, 5.74) is 5.41. The summed E-state index contributed by atoms with van der Waals surface area (Å²) in [7, 11) is -3.67. The molecule has 0 aliphatic heterocycles. The van der Waals surface area contributed by atoms with E-state index in [9.17, 15) is 8.42 Å². The highest BCUT2D eigenvalue weighted by atomic mass is 32.2. The minimum atomic E-state index is -3.67. The number of anilines is 1. The second kappa shape index (κ2) is 5.67. The minimum Gasteiger partial charge on any atom is -0.396 e. The zero-order valence-corrected chi connectivity index (χ0v) is 11.9. The van der Waals surface area contributed by atoms with Gasteiger partial charge in [0.15, 0.2) is 5.03 Å². The molecular weight excluding hydrogens is 250 g/mol. The van der Waals surface area contributed by atoms with Gasteiger partial charge >= 0.3 is 0 Å². The Bertz CT molecular complexity index is 488. The number of nitrogen functional groups attached to an aromatic ring is 1. The normalized spacial score (nSPS) is 12.6. The van der Waals surface area contributed by atoms with Crippen LogP contribution in [0, 0.1) is 0 Å². The molecule has 0 unspecified atom stereocenters. The van der Waals surface area contributed by atoms with Crippen molar-refractivity contribution < 1.29 is 8.42 Å². The van der Waals surface area contributed by atoms with Crippen molar-refractivity contribution in [3.63, 3.8) is 0 Å². The average molecular weight is 271 g/mol. The number of hydrogen-bond acceptors (Lipinski definition) is 4. The molecule has 0 saturated heterocycles. The number of nitrogens with two attached hydrogens (primary N) is 1. The molecule has 0 spiro atoms. The number of rotatable bonds is 6. The van der Waals surface area contributed by atoms with Crippen molar-refractivity contribution in [1.82, 2.24) is 9.71 Å². The first-order chi connectivity index (χ1) is 8.40. The maximum absolute atomic E-state index is 12.3. The molecule has 5 nitrogen and oxygen atoms in total. The quantitative estimate of drug-likeness (QED) is 0.827. The second-order valence-electron chi connectivity index (χ2n) is 4.34. The molecular formula is C12H21N3O2S. The van der Waals surface area contributed by atoms with Gasteiger partial charge in [-0.2, -0.15) is 0 Å². The van der Waals surface area contributed by atoms with E-state index < -0.39 is 15.6 Å². The van der Waals surface area contributed by atoms with Gasteiger partial charge in [-0.15, -0.1) is 0 Å². The maximum atomic E-state index is 12.3. The van der Waals surface area contributed by atoms with Crippen LogP contribution in [0.5, 0.6) is 0 Å². The van der Waals surface area contributed by atoms with E-state index in [1.807, 2.05) is 20.8 Å². The number of nitrogens with one attached hydrogen (secondary N) is 1. The lowest BCUT2D eigenvalue weighted by molar-refractivity contribution is 0.341. The van der Waals surface area contributed by atoms with Gasteiger partial charge < -0.3 is 5.73 Å². The Labute approximate surface area is 109 Å². The van der Waals surface area contributed by atoms with E-state index in [1.54, 1.807) is 6.07 Å². The zero-order valence-electron chi connectivity index (χ0n) is 11.1. The number of sulfonamides is 1. The van der Waals surface area contributed by atoms with Gasteiger partial charge in [-0.05, 0) is 31.4 Å². The third-order valence-corrected chi connectivity index (χ3v) is 4.99. The van der Waals surface area contributed by atoms with Crippen molar-refractivity contribution in [1.29, 1.82) is 0 Å². The van der Waals surface area contributed by atoms with Crippen LogP contribution in [-0.4, -0.2) is 18.9 Å². The van der Waals surface area contributed by atoms with Crippen molar-refractivity contribution >= 4 is 15.7 Å². The molecule has 0 bridgehead atoms. The predicted molar refractivity (Wildman–Crippen MR) is 72.6 cm³/mol. The molecule has 18 heavy (non-hydrogen) atoms. The van der Waals surface area contributed by atoms with Gasteiger partial charge in [-0.25, -0.2) is 18.1 Å². The third kappa shape index (κ3) is 3.00. The third-order valence-electron chi connectivity index (χ3n) is 3.44. The van der Waals surface area contributed by atoms with E-state index in [0.717, 1.165) is 19.3 Å². The maximum Gasteiger partial charge on any atom is 0.260 e. The van der Waals surface area contributed by atoms with Crippen LogP contribution in [0.1, 0.15) is 40.0 Å². The standard InChI is InChI=1S/C12H21N3O2S/c1-4-12(5-2,6-3)15-18(16,17)11-10(13)8-7-9-14-11/h7-9,15H,4-6,13H2,1-3H3. The Balaban J connectivity index is 3.13. The highest BCUT2D eigenvalue weighted by Gasteiger charge is 2.31. The molecule has 3 N–H and O–H groups in total. The monoisotopic (exact) mass is 271 g/mol. The van der Waals surface area contributed by atoms with Gasteiger partial charge in [0.05, 0.1) is 5.69 Å². The number of aromatic nitrogens is 1. The first kappa shape index (κ1) is 14.9. The number of pyridine rings is 1. The van der Waals surface area contributed by atoms with Gasteiger partial charge in [0.2, 0.25) is 0 Å². The highest BCUT2D eigenvalue weighted by molar-refractivity contribution is 7.89. The largest absolute Gasteiger partial charge is 0.396 e. The minimum absolute atomic E-state index is 0.0928. The van der Waals surface area contributed by atoms with Gasteiger partial charge in [-0.3, -0.25) is 0 Å². The lowest BCUT2D eigenvalue weighted by Gasteiger charge is -2.31. The fraction of sp³-hybridized carbons (Fsp3) is 0.583. The molecule has 0 atom stereocenters. The lowest BCUT2D eigenvalue weighted by Crippen LogP contribution is -2.47. The molecule has 1 heterocycles. The van der Waals surface area contributed by atoms with Crippen molar-refractivity contribution in [2.24, 2.45) is 0 Å². The molecule has 6 heteroatoms. The van der Waals surface area contributed by atoms with E-state index >= 15 is 0 Å². The van der Waals surface area contributed by atoms with E-state index in [-0.39, 0.29) is 10.7 Å². The fourth-order valence-electron chi connectivity index (χ4n) is 1.93. The Morgan fingerprint density at radius 2 is 1.83 bits per heavy atom. The Morgan fingerprint density at radius 1 is 1.28 bits per heavy atom. The van der Waals surface area contributed by atoms with Crippen molar-refractivity contribution in [3.05, 3.63) is 18.3 Å². The van der Waals surface area contributed by atoms with Crippen molar-refractivity contribution in [3.8, 4) is 0 Å². The smallest absolute Gasteiger partial charge is 0.260 e. The zero-order chi connectivity index (χ0) is 13.8. The molecule has 102 valence electrons. The molecule has 0 aromatic carbocycles. The van der Waals surface area contributed by atoms with Crippen LogP contribution in [0.25, 0.3) is 0 Å². The molecule has 1 aromatic heterocycles. The summed E-state index contributed by atoms with van der Waals surface area (Å²) in [6.45, 7) is 5.91. The molecule has 1 rings (SSSR count). The van der Waals surface area contributed by atoms with E-state index in [0.29, 0.717) is 0 Å². The first-order valence-electron chi connectivity index (χ1n) is 6.15. The van der Waals surface area contributed by atoms with Gasteiger partial charge in [-0.1, -0.05) is 20.8 Å². The summed E-state index contributed by atoms with van der Waals surface area (Å²) in [5, 5.41) is -0.0928. The van der Waals surface area contributed by atoms with Gasteiger partial charge in [0.1, 0.15) is 0 Å². The summed E-state index contributed by atoms with van der Waals surface area (Å²) in [6.07, 6.45) is 3.61. The summed E-state index contributed by atoms with van der Waals surface area (Å²) in [4.78, 5) is 3.86. The summed E-state index contributed by atoms with van der Waals surface area (Å²) in [5.74, 6) is 0. The Morgan fingerprint density at radius 3 is 2.28 bits per heavy atom. The molecule has 0 aliphatic rings. The first-order valence-corrected chi connectivity index (χ1v) is 7.63. The predicted octanol–water partition coefficient (Wildman–Crippen LogP) is 1.91. The SMILES string of the molecule is CCC(CC)(CC)NS(=O)(=O)c1ncccc1N. The summed E-state index contributed by atoms with van der Waals surface area (Å²) < 4.78 is 27.3. The molecule has 0 aliphatic carbocycles. The molecule has 0 radical (unpaired) electrons. The van der Waals surface area contributed by atoms with Crippen molar-refractivity contribution in [2.75, 3.05) is 5.73 Å². The van der Waals surface area contributed by atoms with Crippen LogP contribution >= 0.6 is 0 Å². The highest BCUT2D eigenvalue weighted by Crippen LogP contribution is 2.23. The van der Waals surface area contributed by atoms with Crippen LogP contribution in [-0.2, 0) is 10.0 Å². The Kier molecular flexibility index (Phi) is 4.70. The van der Waals surface area contributed by atoms with Crippen LogP contribution in [0.15, 0.2) is 23.4 Å². The van der Waals surface area contributed by atoms with E-state index in [2.05, 4.69) is 9.71 Å². The second-order valence-corrected chi connectivity index (χ2v) is 5.94. The molecule has 0 fully saturated rings. The van der Waals surface area contributed by atoms with Crippen LogP contribution in [0.2, 0.25) is 0 Å². The van der Waals surface area contributed by atoms with E-state index in [1.165, 1.54) is 12.3 Å². The molecule has 1 aromatic rings. The molecule has 0 amide bonds. The van der Waals surface area contributed by atoms with Crippen molar-refractivity contribution in [2.45, 2.75) is 50.6 Å². The average Bonchev–Trinajstić information content (AvgIpc) is 2.36. The van der Waals surface area contributed by atoms with Gasteiger partial charge in [0.25, 0.3) is 10.0 Å². The topological polar surface area (TPSA) is 85.1 Å². The number of nitrogens with zero attached hydrogens (tertiary/aromatic N) is 1. The van der Waals surface area contributed by atoms with Gasteiger partial charge in [0, 0.05) is 11.7 Å². The Hall–Kier alpha value is -1.14. The lowest BCUT2D eigenvalue weighted by atomic mass is 9.91. The molecule has 0 saturated carbocycles. The van der Waals surface area contributed by atoms with E-state index in [4.69, 9.17) is 5.73 Å². The fourth-order valence-corrected chi connectivity index (χ4v) is 3.61. The van der Waals surface area contributed by atoms with Crippen LogP contribution in [0.4, 0.5) is 5.69 Å². The summed E-state index contributed by atoms with van der Waals surface area (Å²) in [6, 6.07) is 3.15. The van der Waals surface area contributed by atoms with Crippen LogP contribution in [0.3, 0.4) is 0 Å². The summed E-state index contributed by atoms with van der Waals surface area (Å²) >= 11 is 0. The van der Waals surface area contributed by atoms with Crippen LogP contribution < -0.4 is 10.5 Å².